The van der Waals surface area contributed by atoms with Gasteiger partial charge in [0.15, 0.2) is 0 Å². The normalized spacial score (nSPS) is 11.6. The van der Waals surface area contributed by atoms with Gasteiger partial charge in [0.2, 0.25) is 0 Å². The maximum absolute atomic E-state index is 12.6. The first-order valence-corrected chi connectivity index (χ1v) is 5.63. The third-order valence-electron chi connectivity index (χ3n) is 1.87. The SMILES string of the molecule is CNc1c(Cl)ccc(C(F)(F)F)c1SC. The van der Waals surface area contributed by atoms with Crippen molar-refractivity contribution in [3.8, 4) is 0 Å². The monoisotopic (exact) mass is 255 g/mol. The number of alkyl halides is 3. The van der Waals surface area contributed by atoms with Gasteiger partial charge in [0.25, 0.3) is 0 Å². The number of hydrogen-bond donors (Lipinski definition) is 1. The van der Waals surface area contributed by atoms with Crippen molar-refractivity contribution in [2.45, 2.75) is 11.1 Å². The highest BCUT2D eigenvalue weighted by molar-refractivity contribution is 7.98. The molecule has 0 bridgehead atoms. The molecule has 0 saturated heterocycles. The summed E-state index contributed by atoms with van der Waals surface area (Å²) in [5.74, 6) is 0. The topological polar surface area (TPSA) is 12.0 Å². The standard InChI is InChI=1S/C9H9ClF3NS/c1-14-7-6(10)4-3-5(8(7)15-2)9(11,12)13/h3-4,14H,1-2H3. The molecule has 0 aliphatic rings. The molecule has 0 atom stereocenters. The number of thioether (sulfide) groups is 1. The predicted octanol–water partition coefficient (Wildman–Crippen LogP) is 4.12. The highest BCUT2D eigenvalue weighted by atomic mass is 35.5. The summed E-state index contributed by atoms with van der Waals surface area (Å²) in [7, 11) is 1.54. The van der Waals surface area contributed by atoms with Gasteiger partial charge in [0.05, 0.1) is 16.3 Å². The van der Waals surface area contributed by atoms with Crippen LogP contribution in [0.5, 0.6) is 0 Å². The fourth-order valence-electron chi connectivity index (χ4n) is 1.23. The molecule has 1 aromatic carbocycles. The Kier molecular flexibility index (Phi) is 3.78. The highest BCUT2D eigenvalue weighted by Gasteiger charge is 2.34. The number of nitrogens with one attached hydrogen (secondary N) is 1. The average molecular weight is 256 g/mol. The van der Waals surface area contributed by atoms with E-state index in [0.717, 1.165) is 17.8 Å². The Balaban J connectivity index is 3.42. The molecule has 0 amide bonds. The third kappa shape index (κ3) is 2.52. The van der Waals surface area contributed by atoms with Crippen LogP contribution in [0.1, 0.15) is 5.56 Å². The van der Waals surface area contributed by atoms with Crippen LogP contribution in [-0.2, 0) is 6.18 Å². The van der Waals surface area contributed by atoms with E-state index in [4.69, 9.17) is 11.6 Å². The van der Waals surface area contributed by atoms with E-state index < -0.39 is 11.7 Å². The number of hydrogen-bond acceptors (Lipinski definition) is 2. The molecule has 0 aliphatic carbocycles. The molecule has 0 radical (unpaired) electrons. The van der Waals surface area contributed by atoms with Crippen LogP contribution in [0, 0.1) is 0 Å². The second-order valence-corrected chi connectivity index (χ2v) is 3.97. The first-order chi connectivity index (χ1) is 6.91. The summed E-state index contributed by atoms with van der Waals surface area (Å²) >= 11 is 6.81. The Bertz CT molecular complexity index is 365. The molecular formula is C9H9ClF3NS. The Hall–Kier alpha value is -0.550. The third-order valence-corrected chi connectivity index (χ3v) is 3.01. The summed E-state index contributed by atoms with van der Waals surface area (Å²) in [6.45, 7) is 0. The molecule has 0 unspecified atom stereocenters. The van der Waals surface area contributed by atoms with Crippen LogP contribution < -0.4 is 5.32 Å². The number of halogens is 4. The van der Waals surface area contributed by atoms with Crippen LogP contribution in [0.3, 0.4) is 0 Å². The van der Waals surface area contributed by atoms with Crippen LogP contribution in [0.15, 0.2) is 17.0 Å². The Morgan fingerprint density at radius 1 is 1.33 bits per heavy atom. The summed E-state index contributed by atoms with van der Waals surface area (Å²) in [6, 6.07) is 2.24. The number of benzene rings is 1. The molecule has 1 aromatic rings. The molecule has 0 aliphatic heterocycles. The van der Waals surface area contributed by atoms with Gasteiger partial charge >= 0.3 is 6.18 Å². The van der Waals surface area contributed by atoms with Crippen LogP contribution >= 0.6 is 23.4 Å². The van der Waals surface area contributed by atoms with Crippen molar-refractivity contribution in [2.75, 3.05) is 18.6 Å². The van der Waals surface area contributed by atoms with Crippen molar-refractivity contribution in [3.63, 3.8) is 0 Å². The van der Waals surface area contributed by atoms with Gasteiger partial charge in [-0.3, -0.25) is 0 Å². The van der Waals surface area contributed by atoms with E-state index in [1.54, 1.807) is 13.3 Å². The Morgan fingerprint density at radius 2 is 1.93 bits per heavy atom. The van der Waals surface area contributed by atoms with E-state index in [1.807, 2.05) is 0 Å². The Morgan fingerprint density at radius 3 is 2.33 bits per heavy atom. The molecule has 0 saturated carbocycles. The lowest BCUT2D eigenvalue weighted by atomic mass is 10.2. The van der Waals surface area contributed by atoms with Crippen molar-refractivity contribution < 1.29 is 13.2 Å². The lowest BCUT2D eigenvalue weighted by molar-refractivity contribution is -0.139. The molecule has 0 aromatic heterocycles. The minimum Gasteiger partial charge on any atom is -0.386 e. The van der Waals surface area contributed by atoms with Gasteiger partial charge in [-0.25, -0.2) is 0 Å². The fraction of sp³-hybridized carbons (Fsp3) is 0.333. The lowest BCUT2D eigenvalue weighted by Crippen LogP contribution is -2.08. The zero-order valence-corrected chi connectivity index (χ0v) is 9.65. The second kappa shape index (κ2) is 4.53. The summed E-state index contributed by atoms with van der Waals surface area (Å²) in [6.07, 6.45) is -2.77. The van der Waals surface area contributed by atoms with Crippen LogP contribution in [0.25, 0.3) is 0 Å². The number of anilines is 1. The molecule has 6 heteroatoms. The van der Waals surface area contributed by atoms with Crippen LogP contribution in [0.2, 0.25) is 5.02 Å². The predicted molar refractivity (Wildman–Crippen MR) is 57.8 cm³/mol. The molecule has 0 heterocycles. The van der Waals surface area contributed by atoms with E-state index in [0.29, 0.717) is 5.69 Å². The van der Waals surface area contributed by atoms with Crippen molar-refractivity contribution in [3.05, 3.63) is 22.7 Å². The van der Waals surface area contributed by atoms with Gasteiger partial charge in [-0.05, 0) is 18.4 Å². The van der Waals surface area contributed by atoms with Gasteiger partial charge in [-0.2, -0.15) is 13.2 Å². The summed E-state index contributed by atoms with van der Waals surface area (Å²) in [4.78, 5) is 0.123. The number of rotatable bonds is 2. The van der Waals surface area contributed by atoms with Crippen LogP contribution in [-0.4, -0.2) is 13.3 Å². The molecule has 84 valence electrons. The summed E-state index contributed by atoms with van der Waals surface area (Å²) in [5, 5.41) is 2.96. The minimum atomic E-state index is -4.35. The van der Waals surface area contributed by atoms with Gasteiger partial charge < -0.3 is 5.32 Å². The van der Waals surface area contributed by atoms with Gasteiger partial charge in [0, 0.05) is 11.9 Å². The zero-order valence-electron chi connectivity index (χ0n) is 8.07. The highest BCUT2D eigenvalue weighted by Crippen LogP contribution is 2.42. The molecule has 15 heavy (non-hydrogen) atoms. The van der Waals surface area contributed by atoms with E-state index in [-0.39, 0.29) is 9.92 Å². The summed E-state index contributed by atoms with van der Waals surface area (Å²) < 4.78 is 37.8. The lowest BCUT2D eigenvalue weighted by Gasteiger charge is -2.16. The smallest absolute Gasteiger partial charge is 0.386 e. The second-order valence-electron chi connectivity index (χ2n) is 2.75. The first-order valence-electron chi connectivity index (χ1n) is 4.03. The van der Waals surface area contributed by atoms with Crippen molar-refractivity contribution in [1.29, 1.82) is 0 Å². The molecule has 1 rings (SSSR count). The van der Waals surface area contributed by atoms with Crippen molar-refractivity contribution >= 4 is 29.1 Å². The molecule has 1 N–H and O–H groups in total. The van der Waals surface area contributed by atoms with Crippen molar-refractivity contribution in [2.24, 2.45) is 0 Å². The maximum atomic E-state index is 12.6. The maximum Gasteiger partial charge on any atom is 0.417 e. The van der Waals surface area contributed by atoms with Gasteiger partial charge in [0.1, 0.15) is 0 Å². The first kappa shape index (κ1) is 12.5. The minimum absolute atomic E-state index is 0.123. The summed E-state index contributed by atoms with van der Waals surface area (Å²) in [5.41, 5.74) is -0.345. The average Bonchev–Trinajstić information content (AvgIpc) is 2.15. The largest absolute Gasteiger partial charge is 0.417 e. The zero-order chi connectivity index (χ0) is 11.6. The van der Waals surface area contributed by atoms with Crippen LogP contribution in [0.4, 0.5) is 18.9 Å². The molecule has 0 fully saturated rings. The van der Waals surface area contributed by atoms with E-state index in [1.165, 1.54) is 6.07 Å². The van der Waals surface area contributed by atoms with Gasteiger partial charge in [-0.1, -0.05) is 11.6 Å². The van der Waals surface area contributed by atoms with Crippen molar-refractivity contribution in [1.82, 2.24) is 0 Å². The van der Waals surface area contributed by atoms with E-state index in [2.05, 4.69) is 5.32 Å². The quantitative estimate of drug-likeness (QED) is 0.798. The Labute approximate surface area is 95.0 Å². The van der Waals surface area contributed by atoms with E-state index >= 15 is 0 Å². The molecule has 0 spiro atoms. The molecule has 1 nitrogen and oxygen atoms in total. The molecular weight excluding hydrogens is 247 g/mol. The van der Waals surface area contributed by atoms with Gasteiger partial charge in [-0.15, -0.1) is 11.8 Å². The fourth-order valence-corrected chi connectivity index (χ4v) is 2.35. The van der Waals surface area contributed by atoms with E-state index in [9.17, 15) is 13.2 Å².